The monoisotopic (exact) mass is 220 g/mol. The van der Waals surface area contributed by atoms with Crippen LogP contribution in [0.3, 0.4) is 0 Å². The van der Waals surface area contributed by atoms with Crippen molar-refractivity contribution in [2.75, 3.05) is 11.5 Å². The molecule has 0 atom stereocenters. The van der Waals surface area contributed by atoms with Crippen LogP contribution in [0.15, 0.2) is 0 Å². The second-order valence-corrected chi connectivity index (χ2v) is 4.18. The Morgan fingerprint density at radius 2 is 1.69 bits per heavy atom. The summed E-state index contributed by atoms with van der Waals surface area (Å²) in [5, 5.41) is 0. The van der Waals surface area contributed by atoms with Crippen molar-refractivity contribution in [1.82, 2.24) is 0 Å². The van der Waals surface area contributed by atoms with Crippen molar-refractivity contribution >= 4 is 41.3 Å². The Morgan fingerprint density at radius 1 is 1.08 bits per heavy atom. The molecular weight excluding hydrogens is 201 g/mol. The molecule has 0 saturated heterocycles. The molecule has 0 spiro atoms. The van der Waals surface area contributed by atoms with Gasteiger partial charge >= 0.3 is 29.6 Å². The molecule has 0 amide bonds. The molecule has 0 aromatic carbocycles. The molecule has 0 fully saturated rings. The number of hydrogen-bond donors (Lipinski definition) is 0. The predicted molar refractivity (Wildman–Crippen MR) is 59.2 cm³/mol. The Balaban J connectivity index is 0. The van der Waals surface area contributed by atoms with Gasteiger partial charge in [0.1, 0.15) is 0 Å². The van der Waals surface area contributed by atoms with Crippen LogP contribution in [0.5, 0.6) is 0 Å². The van der Waals surface area contributed by atoms with Crippen LogP contribution in [0.1, 0.15) is 39.0 Å². The van der Waals surface area contributed by atoms with Gasteiger partial charge in [-0.2, -0.15) is 11.8 Å². The van der Waals surface area contributed by atoms with Crippen LogP contribution in [0.2, 0.25) is 0 Å². The van der Waals surface area contributed by atoms with Crippen LogP contribution in [0.4, 0.5) is 8.78 Å². The number of thioether (sulfide) groups is 1. The van der Waals surface area contributed by atoms with E-state index in [2.05, 4.69) is 6.92 Å². The summed E-state index contributed by atoms with van der Waals surface area (Å²) in [4.78, 5) is 0. The fourth-order valence-corrected chi connectivity index (χ4v) is 1.70. The topological polar surface area (TPSA) is 0 Å². The Hall–Kier alpha value is 1.21. The maximum atomic E-state index is 11.7. The third-order valence-corrected chi connectivity index (χ3v) is 2.65. The first kappa shape index (κ1) is 16.6. The van der Waals surface area contributed by atoms with Gasteiger partial charge in [0.2, 0.25) is 6.43 Å². The van der Waals surface area contributed by atoms with E-state index in [0.717, 1.165) is 18.6 Å². The van der Waals surface area contributed by atoms with Gasteiger partial charge in [0.15, 0.2) is 0 Å². The minimum atomic E-state index is -2.10. The first-order chi connectivity index (χ1) is 5.77. The van der Waals surface area contributed by atoms with Gasteiger partial charge in [-0.25, -0.2) is 8.78 Å². The summed E-state index contributed by atoms with van der Waals surface area (Å²) in [7, 11) is 0. The van der Waals surface area contributed by atoms with Crippen molar-refractivity contribution in [1.29, 1.82) is 0 Å². The molecule has 76 valence electrons. The zero-order valence-electron chi connectivity index (χ0n) is 7.69. The van der Waals surface area contributed by atoms with Gasteiger partial charge in [0, 0.05) is 6.42 Å². The molecule has 0 radical (unpaired) electrons. The van der Waals surface area contributed by atoms with E-state index < -0.39 is 6.43 Å². The van der Waals surface area contributed by atoms with Crippen molar-refractivity contribution in [2.24, 2.45) is 0 Å². The van der Waals surface area contributed by atoms with E-state index in [0.29, 0.717) is 6.42 Å². The summed E-state index contributed by atoms with van der Waals surface area (Å²) in [6.45, 7) is 2.14. The number of hydrogen-bond acceptors (Lipinski definition) is 1. The SMILES string of the molecule is CCSCCCCCCC(F)F.[NaH]. The quantitative estimate of drug-likeness (QED) is 0.447. The van der Waals surface area contributed by atoms with E-state index in [4.69, 9.17) is 0 Å². The van der Waals surface area contributed by atoms with Gasteiger partial charge in [-0.1, -0.05) is 19.8 Å². The molecule has 0 nitrogen and oxygen atoms in total. The molecule has 0 heterocycles. The van der Waals surface area contributed by atoms with Crippen LogP contribution in [0, 0.1) is 0 Å². The van der Waals surface area contributed by atoms with Crippen LogP contribution < -0.4 is 0 Å². The third-order valence-electron chi connectivity index (χ3n) is 1.67. The van der Waals surface area contributed by atoms with Crippen molar-refractivity contribution < 1.29 is 8.78 Å². The van der Waals surface area contributed by atoms with E-state index in [1.165, 1.54) is 12.2 Å². The Bertz CT molecular complexity index is 91.7. The van der Waals surface area contributed by atoms with E-state index in [1.54, 1.807) is 0 Å². The van der Waals surface area contributed by atoms with Gasteiger partial charge in [-0.3, -0.25) is 0 Å². The molecule has 0 rings (SSSR count). The first-order valence-corrected chi connectivity index (χ1v) is 5.78. The van der Waals surface area contributed by atoms with Gasteiger partial charge < -0.3 is 0 Å². The normalized spacial score (nSPS) is 10.2. The molecule has 0 aliphatic rings. The average molecular weight is 220 g/mol. The van der Waals surface area contributed by atoms with Gasteiger partial charge in [-0.15, -0.1) is 0 Å². The zero-order chi connectivity index (χ0) is 9.23. The second-order valence-electron chi connectivity index (χ2n) is 2.79. The Morgan fingerprint density at radius 3 is 2.23 bits per heavy atom. The van der Waals surface area contributed by atoms with Crippen molar-refractivity contribution in [3.05, 3.63) is 0 Å². The van der Waals surface area contributed by atoms with Crippen molar-refractivity contribution in [3.8, 4) is 0 Å². The number of unbranched alkanes of at least 4 members (excludes halogenated alkanes) is 3. The second kappa shape index (κ2) is 13.2. The molecule has 0 aliphatic carbocycles. The third kappa shape index (κ3) is 15.9. The molecule has 0 aromatic rings. The summed E-state index contributed by atoms with van der Waals surface area (Å²) in [6.07, 6.45) is 1.93. The fraction of sp³-hybridized carbons (Fsp3) is 1.00. The minimum absolute atomic E-state index is 0. The summed E-state index contributed by atoms with van der Waals surface area (Å²) < 4.78 is 23.3. The molecule has 0 saturated carbocycles. The van der Waals surface area contributed by atoms with Crippen LogP contribution in [-0.2, 0) is 0 Å². The Labute approximate surface area is 107 Å². The maximum absolute atomic E-state index is 11.7. The van der Waals surface area contributed by atoms with Crippen molar-refractivity contribution in [3.63, 3.8) is 0 Å². The molecule has 4 heteroatoms. The molecule has 0 aliphatic heterocycles. The first-order valence-electron chi connectivity index (χ1n) is 4.63. The van der Waals surface area contributed by atoms with E-state index in [1.807, 2.05) is 11.8 Å². The van der Waals surface area contributed by atoms with E-state index >= 15 is 0 Å². The number of halogens is 2. The Kier molecular flexibility index (Phi) is 16.9. The van der Waals surface area contributed by atoms with E-state index in [9.17, 15) is 8.78 Å². The van der Waals surface area contributed by atoms with Crippen LogP contribution >= 0.6 is 11.8 Å². The average Bonchev–Trinajstić information content (AvgIpc) is 2.02. The summed E-state index contributed by atoms with van der Waals surface area (Å²) in [6, 6.07) is 0. The molecule has 0 N–H and O–H groups in total. The molecule has 0 aromatic heterocycles. The van der Waals surface area contributed by atoms with Crippen LogP contribution in [0.25, 0.3) is 0 Å². The molecule has 0 unspecified atom stereocenters. The van der Waals surface area contributed by atoms with Crippen molar-refractivity contribution in [2.45, 2.75) is 45.5 Å². The van der Waals surface area contributed by atoms with E-state index in [-0.39, 0.29) is 36.0 Å². The standard InChI is InChI=1S/C9H18F2S.Na.H/c1-2-12-8-6-4-3-5-7-9(10)11;;/h9H,2-8H2,1H3;;. The van der Waals surface area contributed by atoms with Gasteiger partial charge in [-0.05, 0) is 24.3 Å². The van der Waals surface area contributed by atoms with Gasteiger partial charge in [0.05, 0.1) is 0 Å². The fourth-order valence-electron chi connectivity index (χ4n) is 1.00. The van der Waals surface area contributed by atoms with Gasteiger partial charge in [0.25, 0.3) is 0 Å². The number of rotatable bonds is 8. The zero-order valence-corrected chi connectivity index (χ0v) is 8.51. The number of alkyl halides is 2. The molecule has 0 bridgehead atoms. The summed E-state index contributed by atoms with van der Waals surface area (Å²) in [5.41, 5.74) is 0. The summed E-state index contributed by atoms with van der Waals surface area (Å²) >= 11 is 1.92. The molecular formula is C9H19F2NaS. The predicted octanol–water partition coefficient (Wildman–Crippen LogP) is 3.31. The van der Waals surface area contributed by atoms with Crippen LogP contribution in [-0.4, -0.2) is 47.5 Å². The summed E-state index contributed by atoms with van der Waals surface area (Å²) in [5.74, 6) is 2.35. The molecule has 13 heavy (non-hydrogen) atoms.